The van der Waals surface area contributed by atoms with Crippen LogP contribution < -0.4 is 0 Å². The Balaban J connectivity index is 0.000000443. The third-order valence-electron chi connectivity index (χ3n) is 6.19. The quantitative estimate of drug-likeness (QED) is 0.345. The van der Waals surface area contributed by atoms with Crippen LogP contribution >= 0.6 is 0 Å². The Labute approximate surface area is 197 Å². The first-order valence-electron chi connectivity index (χ1n) is 9.62. The average Bonchev–Trinajstić information content (AvgIpc) is 2.86. The second-order valence-corrected chi connectivity index (χ2v) is 7.46. The first kappa shape index (κ1) is 25.3. The van der Waals surface area contributed by atoms with Gasteiger partial charge in [0.15, 0.2) is 0 Å². The molecule has 0 aliphatic rings. The van der Waals surface area contributed by atoms with Gasteiger partial charge in [-0.15, -0.1) is 0 Å². The van der Waals surface area contributed by atoms with Crippen molar-refractivity contribution in [1.82, 2.24) is 0 Å². The van der Waals surface area contributed by atoms with Crippen molar-refractivity contribution in [2.75, 3.05) is 0 Å². The molecule has 0 atom stereocenters. The Hall–Kier alpha value is 0.271. The SMILES string of the molecule is CCCc1c(C)c(C)c(C)[c-]1C.CCCc1c(C)c(C)c(C)[c-]1C.[Ba+2]. The monoisotopic (exact) mass is 464 g/mol. The molecular weight excluding hydrogens is 426 g/mol. The normalized spacial score (nSPS) is 10.3. The topological polar surface area (TPSA) is 0 Å². The summed E-state index contributed by atoms with van der Waals surface area (Å²) in [6.45, 7) is 22.4. The zero-order valence-electron chi connectivity index (χ0n) is 18.5. The van der Waals surface area contributed by atoms with Crippen LogP contribution in [0.3, 0.4) is 0 Å². The van der Waals surface area contributed by atoms with Crippen molar-refractivity contribution < 1.29 is 0 Å². The van der Waals surface area contributed by atoms with Crippen molar-refractivity contribution in [2.45, 2.75) is 94.9 Å². The van der Waals surface area contributed by atoms with E-state index in [0.717, 1.165) is 0 Å². The fraction of sp³-hybridized carbons (Fsp3) is 0.583. The van der Waals surface area contributed by atoms with E-state index in [1.54, 1.807) is 11.1 Å². The summed E-state index contributed by atoms with van der Waals surface area (Å²) in [5.74, 6) is 0. The van der Waals surface area contributed by atoms with Gasteiger partial charge in [-0.3, -0.25) is 0 Å². The summed E-state index contributed by atoms with van der Waals surface area (Å²) in [6.07, 6.45) is 4.99. The van der Waals surface area contributed by atoms with Crippen LogP contribution in [0.15, 0.2) is 0 Å². The van der Waals surface area contributed by atoms with Crippen LogP contribution in [0.4, 0.5) is 0 Å². The van der Waals surface area contributed by atoms with Gasteiger partial charge < -0.3 is 0 Å². The molecule has 25 heavy (non-hydrogen) atoms. The molecule has 2 rings (SSSR count). The molecular formula is C24H38Ba. The minimum Gasteiger partial charge on any atom is -0.196 e. The van der Waals surface area contributed by atoms with Crippen molar-refractivity contribution in [3.8, 4) is 0 Å². The summed E-state index contributed by atoms with van der Waals surface area (Å²) >= 11 is 0. The summed E-state index contributed by atoms with van der Waals surface area (Å²) in [4.78, 5) is 0. The number of rotatable bonds is 4. The molecule has 0 fully saturated rings. The molecule has 2 aromatic rings. The molecule has 0 aliphatic carbocycles. The van der Waals surface area contributed by atoms with Gasteiger partial charge in [0.25, 0.3) is 0 Å². The smallest absolute Gasteiger partial charge is 0.196 e. The number of hydrogen-bond donors (Lipinski definition) is 0. The van der Waals surface area contributed by atoms with E-state index in [1.807, 2.05) is 0 Å². The molecule has 0 N–H and O–H groups in total. The predicted molar refractivity (Wildman–Crippen MR) is 116 cm³/mol. The Kier molecular flexibility index (Phi) is 11.3. The van der Waals surface area contributed by atoms with Crippen molar-refractivity contribution in [3.05, 3.63) is 55.6 Å². The van der Waals surface area contributed by atoms with E-state index in [-0.39, 0.29) is 48.9 Å². The third kappa shape index (κ3) is 5.62. The second kappa shape index (κ2) is 11.2. The molecule has 0 saturated carbocycles. The van der Waals surface area contributed by atoms with Crippen LogP contribution in [0.2, 0.25) is 0 Å². The largest absolute Gasteiger partial charge is 2.00 e. The Morgan fingerprint density at radius 1 is 0.560 bits per heavy atom. The van der Waals surface area contributed by atoms with Crippen LogP contribution in [0.5, 0.6) is 0 Å². The molecule has 1 heteroatoms. The van der Waals surface area contributed by atoms with Gasteiger partial charge in [0.2, 0.25) is 0 Å². The van der Waals surface area contributed by atoms with Gasteiger partial charge in [0, 0.05) is 0 Å². The first-order valence-corrected chi connectivity index (χ1v) is 9.62. The zero-order valence-corrected chi connectivity index (χ0v) is 23.0. The summed E-state index contributed by atoms with van der Waals surface area (Å²) in [5.41, 5.74) is 15.2. The molecule has 0 radical (unpaired) electrons. The predicted octanol–water partition coefficient (Wildman–Crippen LogP) is 6.80. The van der Waals surface area contributed by atoms with Gasteiger partial charge in [0.05, 0.1) is 0 Å². The molecule has 136 valence electrons. The maximum atomic E-state index is 2.25. The second-order valence-electron chi connectivity index (χ2n) is 7.46. The van der Waals surface area contributed by atoms with E-state index in [0.29, 0.717) is 0 Å². The van der Waals surface area contributed by atoms with Crippen molar-refractivity contribution in [2.24, 2.45) is 0 Å². The van der Waals surface area contributed by atoms with E-state index in [2.05, 4.69) is 69.2 Å². The van der Waals surface area contributed by atoms with E-state index in [4.69, 9.17) is 0 Å². The average molecular weight is 464 g/mol. The maximum absolute atomic E-state index is 2.25. The van der Waals surface area contributed by atoms with Crippen LogP contribution in [0.1, 0.15) is 82.3 Å². The van der Waals surface area contributed by atoms with Crippen LogP contribution in [0, 0.1) is 55.4 Å². The summed E-state index contributed by atoms with van der Waals surface area (Å²) in [7, 11) is 0. The van der Waals surface area contributed by atoms with Crippen LogP contribution in [-0.2, 0) is 12.8 Å². The summed E-state index contributed by atoms with van der Waals surface area (Å²) in [5, 5.41) is 0. The maximum Gasteiger partial charge on any atom is 2.00 e. The van der Waals surface area contributed by atoms with Crippen molar-refractivity contribution in [1.29, 1.82) is 0 Å². The van der Waals surface area contributed by atoms with Crippen LogP contribution in [-0.4, -0.2) is 48.9 Å². The molecule has 0 nitrogen and oxygen atoms in total. The fourth-order valence-corrected chi connectivity index (χ4v) is 3.84. The Morgan fingerprint density at radius 3 is 1.00 bits per heavy atom. The summed E-state index contributed by atoms with van der Waals surface area (Å²) in [6, 6.07) is 0. The van der Waals surface area contributed by atoms with Gasteiger partial charge in [-0.1, -0.05) is 94.9 Å². The minimum atomic E-state index is 0. The molecule has 2 aromatic carbocycles. The van der Waals surface area contributed by atoms with Gasteiger partial charge in [-0.05, 0) is 0 Å². The molecule has 0 saturated heterocycles. The zero-order chi connectivity index (χ0) is 18.6. The Bertz CT molecular complexity index is 569. The minimum absolute atomic E-state index is 0. The molecule has 0 heterocycles. The van der Waals surface area contributed by atoms with E-state index in [9.17, 15) is 0 Å². The molecule has 0 amide bonds. The number of hydrogen-bond acceptors (Lipinski definition) is 0. The van der Waals surface area contributed by atoms with E-state index >= 15 is 0 Å². The molecule has 0 unspecified atom stereocenters. The van der Waals surface area contributed by atoms with Gasteiger partial charge in [0.1, 0.15) is 0 Å². The van der Waals surface area contributed by atoms with Crippen LogP contribution in [0.25, 0.3) is 0 Å². The van der Waals surface area contributed by atoms with Gasteiger partial charge in [-0.25, -0.2) is 0 Å². The van der Waals surface area contributed by atoms with E-state index in [1.165, 1.54) is 70.2 Å². The molecule has 0 aliphatic heterocycles. The van der Waals surface area contributed by atoms with E-state index < -0.39 is 0 Å². The molecule has 0 bridgehead atoms. The third-order valence-corrected chi connectivity index (χ3v) is 6.19. The summed E-state index contributed by atoms with van der Waals surface area (Å²) < 4.78 is 0. The van der Waals surface area contributed by atoms with Crippen molar-refractivity contribution in [3.63, 3.8) is 0 Å². The van der Waals surface area contributed by atoms with Gasteiger partial charge >= 0.3 is 48.9 Å². The van der Waals surface area contributed by atoms with Crippen molar-refractivity contribution >= 4 is 48.9 Å². The molecule has 0 aromatic heterocycles. The first-order chi connectivity index (χ1) is 11.2. The fourth-order valence-electron chi connectivity index (χ4n) is 3.84. The standard InChI is InChI=1S/2C12H19.Ba/c2*1-6-7-12-10(4)8(2)9(3)11(12)5;/h2*6-7H2,1-5H3;/q2*-1;+2. The Morgan fingerprint density at radius 2 is 0.840 bits per heavy atom. The van der Waals surface area contributed by atoms with Gasteiger partial charge in [-0.2, -0.15) is 55.6 Å². The molecule has 0 spiro atoms.